The largest absolute Gasteiger partial charge is 1.00 e. The van der Waals surface area contributed by atoms with Gasteiger partial charge in [-0.25, -0.2) is 8.42 Å². The van der Waals surface area contributed by atoms with E-state index in [2.05, 4.69) is 9.37 Å². The first-order valence-corrected chi connectivity index (χ1v) is 8.85. The van der Waals surface area contributed by atoms with Gasteiger partial charge in [0, 0.05) is 16.0 Å². The van der Waals surface area contributed by atoms with Gasteiger partial charge in [0.05, 0.1) is 24.0 Å². The van der Waals surface area contributed by atoms with Crippen molar-refractivity contribution in [3.05, 3.63) is 53.1 Å². The Morgan fingerprint density at radius 2 is 1.67 bits per heavy atom. The van der Waals surface area contributed by atoms with Gasteiger partial charge < -0.3 is 14.5 Å². The molecule has 8 nitrogen and oxygen atoms in total. The minimum atomic E-state index is -4.81. The summed E-state index contributed by atoms with van der Waals surface area (Å²) < 4.78 is 43.1. The number of carbonyl (C=O) groups excluding carboxylic acids is 1. The average molecular weight is 430 g/mol. The molecule has 27 heavy (non-hydrogen) atoms. The summed E-state index contributed by atoms with van der Waals surface area (Å²) in [6.07, 6.45) is 0. The molecule has 0 unspecified atom stereocenters. The van der Waals surface area contributed by atoms with Crippen molar-refractivity contribution in [1.82, 2.24) is 0 Å². The van der Waals surface area contributed by atoms with Crippen molar-refractivity contribution in [3.63, 3.8) is 0 Å². The molecule has 0 aliphatic rings. The zero-order chi connectivity index (χ0) is 18.6. The molecular weight excluding hydrogens is 418 g/mol. The van der Waals surface area contributed by atoms with Gasteiger partial charge >= 0.3 is 59.1 Å². The minimum absolute atomic E-state index is 0. The zero-order valence-corrected chi connectivity index (χ0v) is 20.7. The third-order valence-electron chi connectivity index (χ3n) is 3.30. The number of ether oxygens (including phenoxy) is 1. The van der Waals surface area contributed by atoms with Crippen LogP contribution in [0.1, 0.15) is 21.5 Å². The quantitative estimate of drug-likeness (QED) is 0.107. The van der Waals surface area contributed by atoms with E-state index in [1.54, 1.807) is 13.0 Å². The first-order valence-electron chi connectivity index (χ1n) is 6.70. The van der Waals surface area contributed by atoms with Gasteiger partial charge in [-0.1, -0.05) is 12.1 Å². The van der Waals surface area contributed by atoms with Crippen LogP contribution in [0.3, 0.4) is 0 Å². The number of hydrogen-bond acceptors (Lipinski definition) is 9. The molecule has 0 aliphatic heterocycles. The Hall–Kier alpha value is 0.0500. The van der Waals surface area contributed by atoms with Gasteiger partial charge in [-0.15, -0.1) is 0 Å². The second kappa shape index (κ2) is 11.9. The first-order chi connectivity index (χ1) is 11.8. The second-order valence-electron chi connectivity index (χ2n) is 4.85. The number of ketones is 1. The fraction of sp³-hybridized carbons (Fsp3) is 0.133. The molecule has 0 bridgehead atoms. The van der Waals surface area contributed by atoms with Crippen molar-refractivity contribution < 1.29 is 96.2 Å². The van der Waals surface area contributed by atoms with Crippen LogP contribution >= 0.6 is 12.0 Å². The Bertz CT molecular complexity index is 903. The van der Waals surface area contributed by atoms with Crippen LogP contribution < -0.4 is 69.1 Å². The van der Waals surface area contributed by atoms with E-state index < -0.39 is 20.8 Å². The predicted molar refractivity (Wildman–Crippen MR) is 83.6 cm³/mol. The van der Waals surface area contributed by atoms with Crippen LogP contribution in [0.25, 0.3) is 0 Å². The molecule has 0 atom stereocenters. The molecule has 2 rings (SSSR count). The van der Waals surface area contributed by atoms with Crippen LogP contribution in [-0.2, 0) is 19.5 Å². The topological polar surface area (TPSA) is 125 Å². The Balaban J connectivity index is 0.00000338. The van der Waals surface area contributed by atoms with Crippen LogP contribution in [0.2, 0.25) is 0 Å². The monoisotopic (exact) mass is 430 g/mol. The number of carbonyl (C=O) groups is 1. The molecule has 0 spiro atoms. The molecule has 12 heteroatoms. The fourth-order valence-corrected chi connectivity index (χ4v) is 3.21. The third kappa shape index (κ3) is 7.11. The Morgan fingerprint density at radius 3 is 2.22 bits per heavy atom. The minimum Gasteiger partial charge on any atom is -0.744 e. The van der Waals surface area contributed by atoms with E-state index in [-0.39, 0.29) is 76.0 Å². The number of rotatable bonds is 7. The van der Waals surface area contributed by atoms with E-state index in [1.807, 2.05) is 0 Å². The third-order valence-corrected chi connectivity index (χ3v) is 4.90. The molecule has 0 heterocycles. The van der Waals surface area contributed by atoms with Crippen LogP contribution in [-0.4, -0.2) is 25.9 Å². The molecule has 0 aliphatic carbocycles. The molecule has 0 aromatic heterocycles. The van der Waals surface area contributed by atoms with Crippen molar-refractivity contribution >= 4 is 27.9 Å². The van der Waals surface area contributed by atoms with Crippen molar-refractivity contribution in [2.75, 3.05) is 7.11 Å². The summed E-state index contributed by atoms with van der Waals surface area (Å²) in [4.78, 5) is 12.4. The Morgan fingerprint density at radius 1 is 1.07 bits per heavy atom. The van der Waals surface area contributed by atoms with Crippen LogP contribution in [0.15, 0.2) is 46.2 Å². The van der Waals surface area contributed by atoms with Crippen molar-refractivity contribution in [2.45, 2.75) is 16.7 Å². The molecule has 0 fully saturated rings. The maximum Gasteiger partial charge on any atom is 1.00 e. The molecule has 2 aromatic rings. The number of aryl methyl sites for hydroxylation is 1. The van der Waals surface area contributed by atoms with E-state index in [1.165, 1.54) is 31.4 Å². The number of benzene rings is 2. The molecule has 2 aromatic carbocycles. The van der Waals surface area contributed by atoms with Gasteiger partial charge in [0.25, 0.3) is 0 Å². The van der Waals surface area contributed by atoms with Gasteiger partial charge in [0.2, 0.25) is 0 Å². The smallest absolute Gasteiger partial charge is 0.744 e. The second-order valence-corrected chi connectivity index (χ2v) is 6.94. The molecule has 0 radical (unpaired) electrons. The standard InChI is InChI=1S/C15H14O8S2.2Na/c1-9-3-4-10(7-13(9)24-23-22-17)15(16)11-5-6-12(21-2)14(8-11)25(18,19)20;;/h3-8,17H,1-2H3,(H,18,19,20);;/q;2*+1/p-2. The maximum atomic E-state index is 12.6. The van der Waals surface area contributed by atoms with E-state index in [9.17, 15) is 23.0 Å². The summed E-state index contributed by atoms with van der Waals surface area (Å²) in [5.74, 6) is -0.662. The molecule has 134 valence electrons. The van der Waals surface area contributed by atoms with E-state index >= 15 is 0 Å². The summed E-state index contributed by atoms with van der Waals surface area (Å²) >= 11 is 0.634. The number of methoxy groups -OCH3 is 1. The van der Waals surface area contributed by atoms with Crippen molar-refractivity contribution in [1.29, 1.82) is 0 Å². The van der Waals surface area contributed by atoms with E-state index in [0.717, 1.165) is 11.6 Å². The van der Waals surface area contributed by atoms with Crippen LogP contribution in [0.5, 0.6) is 5.75 Å². The first kappa shape index (κ1) is 27.0. The zero-order valence-electron chi connectivity index (χ0n) is 15.0. The van der Waals surface area contributed by atoms with Crippen molar-refractivity contribution in [2.24, 2.45) is 0 Å². The normalized spacial score (nSPS) is 10.5. The van der Waals surface area contributed by atoms with Gasteiger partial charge in [-0.05, 0) is 36.8 Å². The Labute approximate surface area is 205 Å². The summed E-state index contributed by atoms with van der Waals surface area (Å²) in [6, 6.07) is 8.15. The molecule has 0 saturated carbocycles. The van der Waals surface area contributed by atoms with Gasteiger partial charge in [-0.3, -0.25) is 9.83 Å². The summed E-state index contributed by atoms with van der Waals surface area (Å²) in [5, 5.41) is 13.2. The predicted octanol–water partition coefficient (Wildman–Crippen LogP) is -4.62. The number of hydrogen-bond donors (Lipinski definition) is 0. The fourth-order valence-electron chi connectivity index (χ4n) is 2.06. The van der Waals surface area contributed by atoms with Gasteiger partial charge in [0.1, 0.15) is 15.9 Å². The SMILES string of the molecule is COc1ccc(C(=O)c2ccc(C)c(SOO[O-])c2)cc1S(=O)(=O)[O-].[Na+].[Na+]. The molecule has 0 amide bonds. The maximum absolute atomic E-state index is 12.6. The average Bonchev–Trinajstić information content (AvgIpc) is 2.59. The van der Waals surface area contributed by atoms with Gasteiger partial charge in [-0.2, -0.15) is 4.33 Å². The van der Waals surface area contributed by atoms with E-state index in [4.69, 9.17) is 4.74 Å². The summed E-state index contributed by atoms with van der Waals surface area (Å²) in [7, 11) is -3.60. The summed E-state index contributed by atoms with van der Waals surface area (Å²) in [5.41, 5.74) is 0.939. The Kier molecular flexibility index (Phi) is 11.9. The van der Waals surface area contributed by atoms with Crippen LogP contribution in [0, 0.1) is 6.92 Å². The molecular formula is C15H12Na2O8S2. The van der Waals surface area contributed by atoms with E-state index in [0.29, 0.717) is 16.9 Å². The molecule has 0 saturated heterocycles. The molecule has 0 N–H and O–H groups in total. The van der Waals surface area contributed by atoms with Crippen LogP contribution in [0.4, 0.5) is 0 Å². The van der Waals surface area contributed by atoms with Gasteiger partial charge in [0.15, 0.2) is 5.78 Å². The summed E-state index contributed by atoms with van der Waals surface area (Å²) in [6.45, 7) is 1.74. The van der Waals surface area contributed by atoms with Crippen molar-refractivity contribution in [3.8, 4) is 5.75 Å².